The van der Waals surface area contributed by atoms with E-state index in [1.807, 2.05) is 6.07 Å². The topological polar surface area (TPSA) is 29.5 Å². The minimum atomic E-state index is -0.455. The summed E-state index contributed by atoms with van der Waals surface area (Å²) < 4.78 is 19.1. The number of benzene rings is 1. The Balaban J connectivity index is 3.25. The van der Waals surface area contributed by atoms with Crippen molar-refractivity contribution in [1.29, 1.82) is 0 Å². The second-order valence-electron chi connectivity index (χ2n) is 4.85. The number of hydrogen-bond donors (Lipinski definition) is 0. The molecular formula is C16H24FNO2. The predicted octanol–water partition coefficient (Wildman–Crippen LogP) is 3.67. The van der Waals surface area contributed by atoms with Crippen LogP contribution in [0.25, 0.3) is 0 Å². The van der Waals surface area contributed by atoms with Gasteiger partial charge in [0, 0.05) is 19.7 Å². The molecule has 3 nitrogen and oxygen atoms in total. The van der Waals surface area contributed by atoms with Gasteiger partial charge in [-0.15, -0.1) is 0 Å². The number of anilines is 1. The number of methoxy groups -OCH3 is 1. The molecule has 0 aromatic heterocycles. The molecular weight excluding hydrogens is 257 g/mol. The molecule has 0 radical (unpaired) electrons. The first-order valence-corrected chi connectivity index (χ1v) is 7.11. The van der Waals surface area contributed by atoms with Crippen LogP contribution in [0.3, 0.4) is 0 Å². The SMILES string of the molecule is CCC(CC)N(CCOC)c1cccc(F)c1C(C)=O. The number of nitrogens with zero attached hydrogens (tertiary/aromatic N) is 1. The third-order valence-corrected chi connectivity index (χ3v) is 3.57. The highest BCUT2D eigenvalue weighted by Crippen LogP contribution is 2.27. The van der Waals surface area contributed by atoms with Crippen molar-refractivity contribution in [2.45, 2.75) is 39.7 Å². The second-order valence-corrected chi connectivity index (χ2v) is 4.85. The van der Waals surface area contributed by atoms with E-state index in [2.05, 4.69) is 18.7 Å². The van der Waals surface area contributed by atoms with Gasteiger partial charge in [0.05, 0.1) is 17.9 Å². The van der Waals surface area contributed by atoms with Crippen LogP contribution >= 0.6 is 0 Å². The molecule has 1 aromatic carbocycles. The quantitative estimate of drug-likeness (QED) is 0.681. The third kappa shape index (κ3) is 3.79. The zero-order valence-electron chi connectivity index (χ0n) is 12.8. The van der Waals surface area contributed by atoms with Crippen LogP contribution in [0.5, 0.6) is 0 Å². The molecule has 0 N–H and O–H groups in total. The van der Waals surface area contributed by atoms with Gasteiger partial charge in [-0.3, -0.25) is 4.79 Å². The average Bonchev–Trinajstić information content (AvgIpc) is 2.42. The number of Topliss-reactive ketones (excluding diaryl/α,β-unsaturated/α-hetero) is 1. The highest BCUT2D eigenvalue weighted by molar-refractivity contribution is 6.00. The number of ether oxygens (including phenoxy) is 1. The van der Waals surface area contributed by atoms with E-state index in [1.165, 1.54) is 13.0 Å². The normalized spacial score (nSPS) is 10.9. The number of rotatable bonds is 8. The van der Waals surface area contributed by atoms with E-state index in [9.17, 15) is 9.18 Å². The molecule has 0 aliphatic heterocycles. The fraction of sp³-hybridized carbons (Fsp3) is 0.562. The zero-order valence-corrected chi connectivity index (χ0v) is 12.8. The van der Waals surface area contributed by atoms with Crippen molar-refractivity contribution in [2.24, 2.45) is 0 Å². The molecule has 0 aliphatic carbocycles. The van der Waals surface area contributed by atoms with Crippen molar-refractivity contribution in [3.8, 4) is 0 Å². The Morgan fingerprint density at radius 1 is 1.35 bits per heavy atom. The van der Waals surface area contributed by atoms with Gasteiger partial charge in [-0.2, -0.15) is 0 Å². The first-order valence-electron chi connectivity index (χ1n) is 7.11. The van der Waals surface area contributed by atoms with Crippen molar-refractivity contribution in [1.82, 2.24) is 0 Å². The Morgan fingerprint density at radius 3 is 2.50 bits per heavy atom. The lowest BCUT2D eigenvalue weighted by molar-refractivity contribution is 0.101. The van der Waals surface area contributed by atoms with Gasteiger partial charge in [0.1, 0.15) is 5.82 Å². The van der Waals surface area contributed by atoms with E-state index in [1.54, 1.807) is 13.2 Å². The molecule has 1 aromatic rings. The Morgan fingerprint density at radius 2 is 2.00 bits per heavy atom. The smallest absolute Gasteiger partial charge is 0.164 e. The van der Waals surface area contributed by atoms with E-state index in [0.29, 0.717) is 18.8 Å². The fourth-order valence-electron chi connectivity index (χ4n) is 2.52. The molecule has 0 unspecified atom stereocenters. The van der Waals surface area contributed by atoms with Crippen LogP contribution in [0.15, 0.2) is 18.2 Å². The lowest BCUT2D eigenvalue weighted by Gasteiger charge is -2.33. The molecule has 20 heavy (non-hydrogen) atoms. The molecule has 0 heterocycles. The zero-order chi connectivity index (χ0) is 15.1. The number of ketones is 1. The van der Waals surface area contributed by atoms with Gasteiger partial charge in [0.15, 0.2) is 5.78 Å². The summed E-state index contributed by atoms with van der Waals surface area (Å²) >= 11 is 0. The molecule has 0 amide bonds. The van der Waals surface area contributed by atoms with Gasteiger partial charge in [-0.1, -0.05) is 19.9 Å². The van der Waals surface area contributed by atoms with Gasteiger partial charge < -0.3 is 9.64 Å². The summed E-state index contributed by atoms with van der Waals surface area (Å²) in [6, 6.07) is 5.07. The molecule has 112 valence electrons. The summed E-state index contributed by atoms with van der Waals surface area (Å²) in [6.07, 6.45) is 1.88. The van der Waals surface area contributed by atoms with E-state index in [4.69, 9.17) is 4.74 Å². The maximum Gasteiger partial charge on any atom is 0.164 e. The number of hydrogen-bond acceptors (Lipinski definition) is 3. The minimum absolute atomic E-state index is 0.176. The Kier molecular flexibility index (Phi) is 6.65. The summed E-state index contributed by atoms with van der Waals surface area (Å²) in [5.41, 5.74) is 0.846. The Labute approximate surface area is 120 Å². The standard InChI is InChI=1S/C16H24FNO2/c1-5-13(6-2)18(10-11-20-4)15-9-7-8-14(17)16(15)12(3)19/h7-9,13H,5-6,10-11H2,1-4H3. The first-order chi connectivity index (χ1) is 9.56. The van der Waals surface area contributed by atoms with Crippen LogP contribution in [-0.4, -0.2) is 32.1 Å². The van der Waals surface area contributed by atoms with Crippen LogP contribution in [-0.2, 0) is 4.74 Å². The number of halogens is 1. The van der Waals surface area contributed by atoms with E-state index in [-0.39, 0.29) is 17.4 Å². The molecule has 0 fully saturated rings. The summed E-state index contributed by atoms with van der Waals surface area (Å²) in [5, 5.41) is 0. The van der Waals surface area contributed by atoms with Crippen molar-refractivity contribution in [3.63, 3.8) is 0 Å². The van der Waals surface area contributed by atoms with Crippen LogP contribution < -0.4 is 4.90 Å². The Hall–Kier alpha value is -1.42. The second kappa shape index (κ2) is 8.00. The third-order valence-electron chi connectivity index (χ3n) is 3.57. The van der Waals surface area contributed by atoms with Gasteiger partial charge in [0.2, 0.25) is 0 Å². The van der Waals surface area contributed by atoms with E-state index >= 15 is 0 Å². The fourth-order valence-corrected chi connectivity index (χ4v) is 2.52. The lowest BCUT2D eigenvalue weighted by atomic mass is 10.0. The maximum absolute atomic E-state index is 14.0. The van der Waals surface area contributed by atoms with Crippen LogP contribution in [0, 0.1) is 5.82 Å². The monoisotopic (exact) mass is 281 g/mol. The van der Waals surface area contributed by atoms with Crippen molar-refractivity contribution in [2.75, 3.05) is 25.2 Å². The van der Waals surface area contributed by atoms with Gasteiger partial charge in [-0.05, 0) is 31.9 Å². The van der Waals surface area contributed by atoms with Gasteiger partial charge >= 0.3 is 0 Å². The number of carbonyl (C=O) groups excluding carboxylic acids is 1. The lowest BCUT2D eigenvalue weighted by Crippen LogP contribution is -2.38. The van der Waals surface area contributed by atoms with Crippen molar-refractivity contribution < 1.29 is 13.9 Å². The molecule has 0 aliphatic rings. The molecule has 0 saturated carbocycles. The van der Waals surface area contributed by atoms with Crippen LogP contribution in [0.1, 0.15) is 44.0 Å². The minimum Gasteiger partial charge on any atom is -0.383 e. The maximum atomic E-state index is 14.0. The summed E-state index contributed by atoms with van der Waals surface area (Å²) in [4.78, 5) is 13.9. The number of carbonyl (C=O) groups is 1. The van der Waals surface area contributed by atoms with E-state index < -0.39 is 5.82 Å². The van der Waals surface area contributed by atoms with E-state index in [0.717, 1.165) is 12.8 Å². The van der Waals surface area contributed by atoms with Crippen molar-refractivity contribution in [3.05, 3.63) is 29.6 Å². The van der Waals surface area contributed by atoms with Gasteiger partial charge in [0.25, 0.3) is 0 Å². The highest BCUT2D eigenvalue weighted by Gasteiger charge is 2.22. The molecule has 0 atom stereocenters. The highest BCUT2D eigenvalue weighted by atomic mass is 19.1. The molecule has 0 spiro atoms. The summed E-state index contributed by atoms with van der Waals surface area (Å²) in [7, 11) is 1.64. The van der Waals surface area contributed by atoms with Crippen LogP contribution in [0.2, 0.25) is 0 Å². The van der Waals surface area contributed by atoms with Gasteiger partial charge in [-0.25, -0.2) is 4.39 Å². The molecule has 0 saturated heterocycles. The van der Waals surface area contributed by atoms with Crippen molar-refractivity contribution >= 4 is 11.5 Å². The molecule has 1 rings (SSSR count). The largest absolute Gasteiger partial charge is 0.383 e. The Bertz CT molecular complexity index is 444. The summed E-state index contributed by atoms with van der Waals surface area (Å²) in [5.74, 6) is -0.699. The average molecular weight is 281 g/mol. The molecule has 0 bridgehead atoms. The molecule has 4 heteroatoms. The predicted molar refractivity (Wildman–Crippen MR) is 80.0 cm³/mol. The first kappa shape index (κ1) is 16.6. The van der Waals surface area contributed by atoms with Crippen LogP contribution in [0.4, 0.5) is 10.1 Å². The summed E-state index contributed by atoms with van der Waals surface area (Å²) in [6.45, 7) is 6.79.